The summed E-state index contributed by atoms with van der Waals surface area (Å²) in [6.07, 6.45) is 0. The van der Waals surface area contributed by atoms with Crippen molar-refractivity contribution < 1.29 is 0 Å². The molecule has 8 heteroatoms. The second-order valence-electron chi connectivity index (χ2n) is 23.7. The molecule has 0 aliphatic carbocycles. The Balaban J connectivity index is 2.98. The molecule has 3 aromatic rings. The molecule has 0 aliphatic heterocycles. The molecule has 0 fully saturated rings. The molecule has 3 aromatic carbocycles. The second-order valence-corrected chi connectivity index (χ2v) is 59.3. The van der Waals surface area contributed by atoms with Crippen LogP contribution in [0.1, 0.15) is 65.6 Å². The Kier molecular flexibility index (Phi) is 14.1. The molecule has 0 saturated heterocycles. The highest BCUT2D eigenvalue weighted by Gasteiger charge is 2.47. The maximum absolute atomic E-state index is 5.54. The lowest BCUT2D eigenvalue weighted by Gasteiger charge is -2.46. The van der Waals surface area contributed by atoms with Crippen molar-refractivity contribution >= 4 is 78.4 Å². The fourth-order valence-electron chi connectivity index (χ4n) is 11.7. The van der Waals surface area contributed by atoms with Gasteiger partial charge in [0, 0.05) is 48.4 Å². The van der Waals surface area contributed by atoms with Gasteiger partial charge in [-0.05, 0) is 112 Å². The first kappa shape index (κ1) is 47.1. The molecule has 0 amide bonds. The van der Waals surface area contributed by atoms with Crippen molar-refractivity contribution in [2.75, 3.05) is 0 Å². The van der Waals surface area contributed by atoms with Crippen LogP contribution in [-0.2, 0) is 0 Å². The minimum absolute atomic E-state index is 0.627. The van der Waals surface area contributed by atoms with Crippen molar-refractivity contribution in [1.82, 2.24) is 0 Å². The van der Waals surface area contributed by atoms with E-state index in [1.807, 2.05) is 0 Å². The van der Waals surface area contributed by atoms with Gasteiger partial charge in [0.1, 0.15) is 0 Å². The van der Waals surface area contributed by atoms with E-state index in [9.17, 15) is 0 Å². The SMILES string of the molecule is Cc1cc(C)c(N=C=[Si](c2c(C)cc(C)cc2C)c2c(C([Si](C)(C)C)[Si](C)(C)C)cc(C([Si](C)(C)C)[Si](C)(C)C)cc2C([Si](C)(C)C)[Si](C)(C)C)c(C)c1. The van der Waals surface area contributed by atoms with Crippen molar-refractivity contribution in [1.29, 1.82) is 0 Å². The van der Waals surface area contributed by atoms with Crippen molar-refractivity contribution in [3.8, 4) is 0 Å². The van der Waals surface area contributed by atoms with Gasteiger partial charge in [-0.1, -0.05) is 165 Å². The summed E-state index contributed by atoms with van der Waals surface area (Å²) >= 11 is 0. The summed E-state index contributed by atoms with van der Waals surface area (Å²) < 4.78 is 0. The fourth-order valence-corrected chi connectivity index (χ4v) is 53.0. The molecule has 3 rings (SSSR count). The van der Waals surface area contributed by atoms with E-state index in [1.165, 1.54) is 38.6 Å². The zero-order valence-electron chi connectivity index (χ0n) is 39.6. The van der Waals surface area contributed by atoms with Crippen molar-refractivity contribution in [2.24, 2.45) is 4.99 Å². The highest BCUT2D eigenvalue weighted by Crippen LogP contribution is 2.44. The number of rotatable bonds is 12. The molecule has 0 saturated carbocycles. The Labute approximate surface area is 342 Å². The molecule has 0 N–H and O–H groups in total. The van der Waals surface area contributed by atoms with Crippen LogP contribution >= 0.6 is 0 Å². The molecule has 0 atom stereocenters. The summed E-state index contributed by atoms with van der Waals surface area (Å²) in [5, 5.41) is 5.16. The Morgan fingerprint density at radius 2 is 0.704 bits per heavy atom. The minimum Gasteiger partial charge on any atom is -0.213 e. The summed E-state index contributed by atoms with van der Waals surface area (Å²) in [7, 11) is -11.7. The lowest BCUT2D eigenvalue weighted by atomic mass is 10.1. The van der Waals surface area contributed by atoms with E-state index in [-0.39, 0.29) is 0 Å². The van der Waals surface area contributed by atoms with Gasteiger partial charge in [0.2, 0.25) is 0 Å². The Morgan fingerprint density at radius 1 is 0.407 bits per heavy atom. The Bertz CT molecular complexity index is 1780. The molecule has 0 aromatic heterocycles. The van der Waals surface area contributed by atoms with Gasteiger partial charge in [0.25, 0.3) is 0 Å². The molecular weight excluding hydrogens is 763 g/mol. The van der Waals surface area contributed by atoms with Crippen LogP contribution in [0.5, 0.6) is 0 Å². The van der Waals surface area contributed by atoms with Gasteiger partial charge in [0.05, 0.1) is 5.69 Å². The van der Waals surface area contributed by atoms with E-state index < -0.39 is 56.9 Å². The molecular formula is C46H81NSi7. The molecule has 0 unspecified atom stereocenters. The Hall–Kier alpha value is -1.24. The zero-order valence-corrected chi connectivity index (χ0v) is 46.6. The summed E-state index contributed by atoms with van der Waals surface area (Å²) in [6.45, 7) is 61.9. The summed E-state index contributed by atoms with van der Waals surface area (Å²) in [5.74, 6) is 0. The largest absolute Gasteiger partial charge is 0.213 e. The van der Waals surface area contributed by atoms with Gasteiger partial charge in [0.15, 0.2) is 8.41 Å². The lowest BCUT2D eigenvalue weighted by molar-refractivity contribution is 1.10. The molecule has 1 nitrogen and oxygen atoms in total. The summed E-state index contributed by atoms with van der Waals surface area (Å²) in [4.78, 5) is 5.54. The third kappa shape index (κ3) is 10.8. The van der Waals surface area contributed by atoms with Crippen LogP contribution in [0, 0.1) is 41.5 Å². The summed E-state index contributed by atoms with van der Waals surface area (Å²) in [5.41, 5.74) is 18.5. The predicted octanol–water partition coefficient (Wildman–Crippen LogP) is 13.5. The van der Waals surface area contributed by atoms with E-state index in [2.05, 4.69) is 201 Å². The van der Waals surface area contributed by atoms with E-state index in [0.29, 0.717) is 15.5 Å². The summed E-state index contributed by atoms with van der Waals surface area (Å²) in [6, 6.07) is 15.3. The fraction of sp³-hybridized carbons (Fsp3) is 0.587. The van der Waals surface area contributed by atoms with E-state index >= 15 is 0 Å². The molecule has 0 radical (unpaired) electrons. The van der Waals surface area contributed by atoms with Crippen LogP contribution in [-0.4, -0.2) is 62.3 Å². The quantitative estimate of drug-likeness (QED) is 0.127. The van der Waals surface area contributed by atoms with Gasteiger partial charge < -0.3 is 0 Å². The maximum Gasteiger partial charge on any atom is 0.162 e. The van der Waals surface area contributed by atoms with Crippen molar-refractivity contribution in [3.05, 3.63) is 86.5 Å². The van der Waals surface area contributed by atoms with Gasteiger partial charge >= 0.3 is 0 Å². The molecule has 0 bridgehead atoms. The molecule has 0 heterocycles. The zero-order chi connectivity index (χ0) is 41.9. The normalized spacial score (nSPS) is 13.6. The first-order valence-corrected chi connectivity index (χ1v) is 43.7. The number of hydrogen-bond acceptors (Lipinski definition) is 1. The lowest BCUT2D eigenvalue weighted by Crippen LogP contribution is -2.55. The molecule has 0 aliphatic rings. The molecule has 298 valence electrons. The van der Waals surface area contributed by atoms with E-state index in [4.69, 9.17) is 4.99 Å². The van der Waals surface area contributed by atoms with E-state index in [1.54, 1.807) is 21.9 Å². The van der Waals surface area contributed by atoms with Gasteiger partial charge in [-0.15, -0.1) is 0 Å². The number of nitrogens with zero attached hydrogens (tertiary/aromatic N) is 1. The van der Waals surface area contributed by atoms with Crippen LogP contribution < -0.4 is 10.4 Å². The van der Waals surface area contributed by atoms with Gasteiger partial charge in [-0.25, -0.2) is 4.99 Å². The van der Waals surface area contributed by atoms with E-state index in [0.717, 1.165) is 5.69 Å². The average Bonchev–Trinajstić information content (AvgIpc) is 2.86. The average molecular weight is 845 g/mol. The third-order valence-corrected chi connectivity index (χ3v) is 42.1. The molecule has 0 spiro atoms. The van der Waals surface area contributed by atoms with Crippen LogP contribution in [0.2, 0.25) is 118 Å². The predicted molar refractivity (Wildman–Crippen MR) is 268 cm³/mol. The standard InChI is InChI=1S/C46H81NSi7/c1-32-25-34(3)41(35(4)26-32)47-31-48(42-36(5)27-33(2)28-37(42)6)43-39(45(51(13,14)15)52(16,17)18)29-38(44(49(7,8)9)50(10,11)12)30-40(43)46(53(19,20)21)54(22,23)24/h25-30,44-46H,1-24H3. The van der Waals surface area contributed by atoms with Crippen molar-refractivity contribution in [2.45, 2.75) is 175 Å². The second kappa shape index (κ2) is 16.2. The highest BCUT2D eigenvalue weighted by molar-refractivity contribution is 6.99. The first-order valence-electron chi connectivity index (χ1n) is 20.8. The van der Waals surface area contributed by atoms with Crippen molar-refractivity contribution in [3.63, 3.8) is 0 Å². The first-order chi connectivity index (χ1) is 24.1. The smallest absolute Gasteiger partial charge is 0.162 e. The Morgan fingerprint density at radius 3 is 1.00 bits per heavy atom. The van der Waals surface area contributed by atoms with Gasteiger partial charge in [-0.3, -0.25) is 0 Å². The number of aryl methyl sites for hydroxylation is 6. The number of hydrogen-bond donors (Lipinski definition) is 0. The highest BCUT2D eigenvalue weighted by atomic mass is 28.4. The van der Waals surface area contributed by atoms with Crippen LogP contribution in [0.3, 0.4) is 0 Å². The maximum atomic E-state index is 5.54. The van der Waals surface area contributed by atoms with Crippen LogP contribution in [0.15, 0.2) is 41.4 Å². The number of aliphatic imine (C=N–C) groups is 1. The topological polar surface area (TPSA) is 12.4 Å². The molecule has 54 heavy (non-hydrogen) atoms. The number of benzene rings is 3. The minimum atomic E-state index is -1.72. The third-order valence-electron chi connectivity index (χ3n) is 11.5. The van der Waals surface area contributed by atoms with Crippen LogP contribution in [0.25, 0.3) is 0 Å². The van der Waals surface area contributed by atoms with Crippen LogP contribution in [0.4, 0.5) is 5.69 Å². The van der Waals surface area contributed by atoms with Gasteiger partial charge in [-0.2, -0.15) is 0 Å². The monoisotopic (exact) mass is 843 g/mol.